The fraction of sp³-hybridized carbons (Fsp3) is 0.333. The van der Waals surface area contributed by atoms with E-state index in [1.165, 1.54) is 5.56 Å². The Kier molecular flexibility index (Phi) is 12.9. The Labute approximate surface area is 254 Å². The summed E-state index contributed by atoms with van der Waals surface area (Å²) in [4.78, 5) is 0. The second-order valence-corrected chi connectivity index (χ2v) is 13.1. The minimum atomic E-state index is -0.841. The van der Waals surface area contributed by atoms with Crippen LogP contribution in [0, 0.1) is 0 Å². The van der Waals surface area contributed by atoms with Gasteiger partial charge in [0.1, 0.15) is 5.60 Å². The lowest BCUT2D eigenvalue weighted by Gasteiger charge is -2.36. The van der Waals surface area contributed by atoms with Crippen molar-refractivity contribution in [2.24, 2.45) is 0 Å². The highest BCUT2D eigenvalue weighted by molar-refractivity contribution is 8.17. The van der Waals surface area contributed by atoms with E-state index in [2.05, 4.69) is 62.4 Å². The van der Waals surface area contributed by atoms with Crippen LogP contribution in [-0.4, -0.2) is 40.0 Å². The fourth-order valence-corrected chi connectivity index (χ4v) is 7.81. The molecular formula is C36H42O3S2. The second-order valence-electron chi connectivity index (χ2n) is 9.94. The largest absolute Gasteiger partial charge is 0.391 e. The Morgan fingerprint density at radius 2 is 1.07 bits per heavy atom. The molecule has 0 spiro atoms. The molecule has 5 heteroatoms. The quantitative estimate of drug-likeness (QED) is 0.0991. The highest BCUT2D eigenvalue weighted by atomic mass is 32.2. The van der Waals surface area contributed by atoms with Crippen LogP contribution in [-0.2, 0) is 21.7 Å². The molecule has 0 aromatic heterocycles. The lowest BCUT2D eigenvalue weighted by molar-refractivity contribution is -0.0457. The summed E-state index contributed by atoms with van der Waals surface area (Å²) in [5.41, 5.74) is 3.43. The first-order valence-electron chi connectivity index (χ1n) is 14.5. The van der Waals surface area contributed by atoms with E-state index >= 15 is 0 Å². The third-order valence-electron chi connectivity index (χ3n) is 7.09. The van der Waals surface area contributed by atoms with Gasteiger partial charge < -0.3 is 14.6 Å². The number of hydrogen-bond acceptors (Lipinski definition) is 5. The van der Waals surface area contributed by atoms with Crippen molar-refractivity contribution in [1.29, 1.82) is 0 Å². The maximum Gasteiger partial charge on any atom is 0.143 e. The molecule has 1 N–H and O–H groups in total. The van der Waals surface area contributed by atoms with E-state index < -0.39 is 11.7 Å². The summed E-state index contributed by atoms with van der Waals surface area (Å²) >= 11 is 3.86. The molecule has 0 bridgehead atoms. The van der Waals surface area contributed by atoms with Gasteiger partial charge in [0.15, 0.2) is 0 Å². The molecule has 0 fully saturated rings. The molecule has 0 unspecified atom stereocenters. The van der Waals surface area contributed by atoms with Gasteiger partial charge in [-0.05, 0) is 46.6 Å². The van der Waals surface area contributed by atoms with Gasteiger partial charge in [-0.2, -0.15) is 0 Å². The molecule has 0 amide bonds. The van der Waals surface area contributed by atoms with Gasteiger partial charge in [-0.15, -0.1) is 23.5 Å². The topological polar surface area (TPSA) is 38.7 Å². The predicted molar refractivity (Wildman–Crippen MR) is 175 cm³/mol. The van der Waals surface area contributed by atoms with Crippen molar-refractivity contribution in [2.75, 3.05) is 18.1 Å². The van der Waals surface area contributed by atoms with Crippen LogP contribution in [0.5, 0.6) is 0 Å². The molecular weight excluding hydrogens is 545 g/mol. The van der Waals surface area contributed by atoms with Crippen LogP contribution >= 0.6 is 23.5 Å². The van der Waals surface area contributed by atoms with Crippen molar-refractivity contribution in [1.82, 2.24) is 0 Å². The summed E-state index contributed by atoms with van der Waals surface area (Å²) < 4.78 is 13.7. The summed E-state index contributed by atoms with van der Waals surface area (Å²) in [5.74, 6) is 2.06. The summed E-state index contributed by atoms with van der Waals surface area (Å²) in [6.45, 7) is 5.17. The van der Waals surface area contributed by atoms with Gasteiger partial charge in [0, 0.05) is 0 Å². The van der Waals surface area contributed by atoms with E-state index in [0.29, 0.717) is 17.6 Å². The van der Waals surface area contributed by atoms with Crippen molar-refractivity contribution < 1.29 is 14.6 Å². The number of hydrogen-bond donors (Lipinski definition) is 1. The Morgan fingerprint density at radius 1 is 0.634 bits per heavy atom. The van der Waals surface area contributed by atoms with Crippen LogP contribution in [0.2, 0.25) is 0 Å². The van der Waals surface area contributed by atoms with Gasteiger partial charge in [0.05, 0.1) is 30.0 Å². The number of thioether (sulfide) groups is 2. The van der Waals surface area contributed by atoms with E-state index in [1.54, 1.807) is 0 Å². The van der Waals surface area contributed by atoms with Crippen molar-refractivity contribution >= 4 is 23.5 Å². The van der Waals surface area contributed by atoms with Gasteiger partial charge in [0.2, 0.25) is 0 Å². The van der Waals surface area contributed by atoms with Crippen LogP contribution < -0.4 is 0 Å². The zero-order valence-electron chi connectivity index (χ0n) is 24.1. The second kappa shape index (κ2) is 16.8. The summed E-state index contributed by atoms with van der Waals surface area (Å²) in [7, 11) is 0. The number of aliphatic hydroxyl groups excluding tert-OH is 1. The minimum absolute atomic E-state index is 0.0295. The molecule has 0 aliphatic carbocycles. The van der Waals surface area contributed by atoms with Crippen molar-refractivity contribution in [2.45, 2.75) is 55.7 Å². The van der Waals surface area contributed by atoms with Crippen LogP contribution in [0.3, 0.4) is 0 Å². The zero-order chi connectivity index (χ0) is 28.8. The SMILES string of the molecule is CCSC(SCC)[C@@H](CC[C@H](O)COC(c1ccccc1)(c1ccccc1)c1ccccc1)OCc1ccccc1. The van der Waals surface area contributed by atoms with Gasteiger partial charge in [0.25, 0.3) is 0 Å². The van der Waals surface area contributed by atoms with E-state index in [0.717, 1.165) is 34.6 Å². The smallest absolute Gasteiger partial charge is 0.143 e. The Morgan fingerprint density at radius 3 is 1.51 bits per heavy atom. The molecule has 0 saturated heterocycles. The molecule has 4 aromatic rings. The molecule has 0 radical (unpaired) electrons. The van der Waals surface area contributed by atoms with Gasteiger partial charge in [-0.3, -0.25) is 0 Å². The first kappa shape index (κ1) is 31.4. The van der Waals surface area contributed by atoms with Crippen molar-refractivity contribution in [3.63, 3.8) is 0 Å². The molecule has 0 saturated carbocycles. The summed E-state index contributed by atoms with van der Waals surface area (Å²) in [6.07, 6.45) is 0.754. The number of ether oxygens (including phenoxy) is 2. The van der Waals surface area contributed by atoms with Crippen molar-refractivity contribution in [3.8, 4) is 0 Å². The molecule has 0 aliphatic rings. The Balaban J connectivity index is 1.53. The van der Waals surface area contributed by atoms with Gasteiger partial charge in [-0.1, -0.05) is 135 Å². The predicted octanol–water partition coefficient (Wildman–Crippen LogP) is 8.55. The maximum absolute atomic E-state index is 11.3. The normalized spacial score (nSPS) is 13.3. The van der Waals surface area contributed by atoms with Crippen molar-refractivity contribution in [3.05, 3.63) is 144 Å². The van der Waals surface area contributed by atoms with E-state index in [4.69, 9.17) is 9.47 Å². The van der Waals surface area contributed by atoms with E-state index in [-0.39, 0.29) is 12.7 Å². The molecule has 4 aromatic carbocycles. The summed E-state index contributed by atoms with van der Waals surface area (Å²) in [6, 6.07) is 41.3. The van der Waals surface area contributed by atoms with Crippen LogP contribution in [0.1, 0.15) is 48.9 Å². The fourth-order valence-electron chi connectivity index (χ4n) is 5.10. The first-order chi connectivity index (χ1) is 20.2. The molecule has 216 valence electrons. The molecule has 4 rings (SSSR count). The number of benzene rings is 4. The van der Waals surface area contributed by atoms with Gasteiger partial charge >= 0.3 is 0 Å². The molecule has 41 heavy (non-hydrogen) atoms. The minimum Gasteiger partial charge on any atom is -0.391 e. The first-order valence-corrected chi connectivity index (χ1v) is 16.6. The lowest BCUT2D eigenvalue weighted by Crippen LogP contribution is -2.36. The molecule has 0 heterocycles. The Bertz CT molecular complexity index is 1140. The Hall–Kier alpha value is -2.54. The average molecular weight is 587 g/mol. The number of aliphatic hydroxyl groups is 1. The van der Waals surface area contributed by atoms with Crippen LogP contribution in [0.4, 0.5) is 0 Å². The molecule has 0 aliphatic heterocycles. The summed E-state index contributed by atoms with van der Waals surface area (Å²) in [5, 5.41) is 11.3. The number of rotatable bonds is 17. The van der Waals surface area contributed by atoms with Crippen LogP contribution in [0.25, 0.3) is 0 Å². The molecule has 2 atom stereocenters. The van der Waals surface area contributed by atoms with E-state index in [9.17, 15) is 5.11 Å². The lowest BCUT2D eigenvalue weighted by atomic mass is 9.80. The molecule has 3 nitrogen and oxygen atoms in total. The third-order valence-corrected chi connectivity index (χ3v) is 9.84. The maximum atomic E-state index is 11.3. The van der Waals surface area contributed by atoms with E-state index in [1.807, 2.05) is 96.3 Å². The zero-order valence-corrected chi connectivity index (χ0v) is 25.7. The third kappa shape index (κ3) is 8.73. The highest BCUT2D eigenvalue weighted by Crippen LogP contribution is 2.40. The van der Waals surface area contributed by atoms with Gasteiger partial charge in [-0.25, -0.2) is 0 Å². The average Bonchev–Trinajstić information content (AvgIpc) is 3.03. The standard InChI is InChI=1S/C36H42O3S2/c1-3-40-35(41-4-2)34(38-27-29-17-9-5-10-18-29)26-25-33(37)28-39-36(30-19-11-6-12-20-30,31-21-13-7-14-22-31)32-23-15-8-16-24-32/h5-24,33-35,37H,3-4,25-28H2,1-2H3/t33-,34+/m0/s1. The van der Waals surface area contributed by atoms with Crippen LogP contribution in [0.15, 0.2) is 121 Å². The monoisotopic (exact) mass is 586 g/mol. The highest BCUT2D eigenvalue weighted by Gasteiger charge is 2.38.